The molecule has 0 aliphatic heterocycles. The van der Waals surface area contributed by atoms with Gasteiger partial charge in [-0.05, 0) is 48.6 Å². The van der Waals surface area contributed by atoms with Gasteiger partial charge in [0, 0.05) is 11.6 Å². The van der Waals surface area contributed by atoms with Gasteiger partial charge in [-0.3, -0.25) is 4.79 Å². The standard InChI is InChI=1S/C20H24ClNO2/c1-13(2)17-10-9-14(3)11-19(17)24-15(4)20(23)22-12-16-7-5-6-8-18(16)21/h5-11,13,15H,12H2,1-4H3,(H,22,23)/t15-/m0/s1. The first kappa shape index (κ1) is 18.3. The van der Waals surface area contributed by atoms with Crippen LogP contribution in [-0.2, 0) is 11.3 Å². The third-order valence-electron chi connectivity index (χ3n) is 3.87. The molecule has 0 heterocycles. The third kappa shape index (κ3) is 4.75. The number of carbonyl (C=O) groups is 1. The number of carbonyl (C=O) groups excluding carboxylic acids is 1. The topological polar surface area (TPSA) is 38.3 Å². The van der Waals surface area contributed by atoms with Crippen LogP contribution in [0.2, 0.25) is 5.02 Å². The molecule has 128 valence electrons. The summed E-state index contributed by atoms with van der Waals surface area (Å²) >= 11 is 6.11. The van der Waals surface area contributed by atoms with Crippen molar-refractivity contribution >= 4 is 17.5 Å². The van der Waals surface area contributed by atoms with Gasteiger partial charge in [-0.25, -0.2) is 0 Å². The van der Waals surface area contributed by atoms with Crippen LogP contribution in [0.25, 0.3) is 0 Å². The van der Waals surface area contributed by atoms with Gasteiger partial charge in [0.05, 0.1) is 0 Å². The molecule has 0 bridgehead atoms. The average Bonchev–Trinajstić information content (AvgIpc) is 2.53. The van der Waals surface area contributed by atoms with Crippen molar-refractivity contribution in [3.63, 3.8) is 0 Å². The van der Waals surface area contributed by atoms with Crippen molar-refractivity contribution in [1.82, 2.24) is 5.32 Å². The Morgan fingerprint density at radius 1 is 1.17 bits per heavy atom. The van der Waals surface area contributed by atoms with Crippen LogP contribution < -0.4 is 10.1 Å². The molecule has 0 fully saturated rings. The van der Waals surface area contributed by atoms with E-state index in [1.807, 2.05) is 37.3 Å². The highest BCUT2D eigenvalue weighted by Crippen LogP contribution is 2.28. The van der Waals surface area contributed by atoms with Gasteiger partial charge in [0.2, 0.25) is 0 Å². The maximum Gasteiger partial charge on any atom is 0.261 e. The summed E-state index contributed by atoms with van der Waals surface area (Å²) in [6.07, 6.45) is -0.577. The van der Waals surface area contributed by atoms with Gasteiger partial charge in [-0.2, -0.15) is 0 Å². The summed E-state index contributed by atoms with van der Waals surface area (Å²) in [5.74, 6) is 0.940. The van der Waals surface area contributed by atoms with Gasteiger partial charge in [0.15, 0.2) is 6.10 Å². The van der Waals surface area contributed by atoms with Crippen LogP contribution in [0.4, 0.5) is 0 Å². The molecule has 0 aliphatic carbocycles. The second-order valence-corrected chi connectivity index (χ2v) is 6.67. The van der Waals surface area contributed by atoms with Gasteiger partial charge < -0.3 is 10.1 Å². The van der Waals surface area contributed by atoms with Gasteiger partial charge >= 0.3 is 0 Å². The Balaban J connectivity index is 2.02. The molecule has 1 atom stereocenters. The van der Waals surface area contributed by atoms with E-state index in [2.05, 4.69) is 31.3 Å². The second kappa shape index (κ2) is 8.20. The van der Waals surface area contributed by atoms with Gasteiger partial charge in [-0.15, -0.1) is 0 Å². The van der Waals surface area contributed by atoms with Crippen molar-refractivity contribution < 1.29 is 9.53 Å². The van der Waals surface area contributed by atoms with E-state index >= 15 is 0 Å². The molecule has 24 heavy (non-hydrogen) atoms. The van der Waals surface area contributed by atoms with Crippen molar-refractivity contribution in [2.45, 2.75) is 46.3 Å². The molecule has 2 aromatic rings. The number of nitrogens with one attached hydrogen (secondary N) is 1. The lowest BCUT2D eigenvalue weighted by atomic mass is 10.0. The Morgan fingerprint density at radius 3 is 2.54 bits per heavy atom. The summed E-state index contributed by atoms with van der Waals surface area (Å²) < 4.78 is 5.92. The maximum absolute atomic E-state index is 12.3. The lowest BCUT2D eigenvalue weighted by molar-refractivity contribution is -0.127. The Morgan fingerprint density at radius 2 is 1.88 bits per heavy atom. The highest BCUT2D eigenvalue weighted by atomic mass is 35.5. The summed E-state index contributed by atoms with van der Waals surface area (Å²) in [5, 5.41) is 3.52. The predicted octanol–water partition coefficient (Wildman–Crippen LogP) is 4.86. The number of aryl methyl sites for hydroxylation is 1. The van der Waals surface area contributed by atoms with Crippen LogP contribution in [0, 0.1) is 6.92 Å². The molecule has 2 rings (SSSR count). The average molecular weight is 346 g/mol. The zero-order valence-electron chi connectivity index (χ0n) is 14.6. The van der Waals surface area contributed by atoms with E-state index in [0.29, 0.717) is 17.5 Å². The zero-order chi connectivity index (χ0) is 17.7. The third-order valence-corrected chi connectivity index (χ3v) is 4.24. The van der Waals surface area contributed by atoms with E-state index < -0.39 is 6.10 Å². The predicted molar refractivity (Wildman–Crippen MR) is 98.7 cm³/mol. The summed E-state index contributed by atoms with van der Waals surface area (Å²) in [4.78, 5) is 12.3. The molecular formula is C20H24ClNO2. The molecule has 2 aromatic carbocycles. The number of ether oxygens (including phenoxy) is 1. The molecule has 3 nitrogen and oxygen atoms in total. The van der Waals surface area contributed by atoms with Crippen molar-refractivity contribution in [3.05, 3.63) is 64.2 Å². The first-order valence-corrected chi connectivity index (χ1v) is 8.54. The van der Waals surface area contributed by atoms with Gasteiger partial charge in [-0.1, -0.05) is 55.8 Å². The quantitative estimate of drug-likeness (QED) is 0.812. The van der Waals surface area contributed by atoms with E-state index in [-0.39, 0.29) is 5.91 Å². The van der Waals surface area contributed by atoms with Crippen LogP contribution in [0.5, 0.6) is 5.75 Å². The van der Waals surface area contributed by atoms with Crippen molar-refractivity contribution in [2.75, 3.05) is 0 Å². The van der Waals surface area contributed by atoms with E-state index in [9.17, 15) is 4.79 Å². The minimum atomic E-state index is -0.577. The van der Waals surface area contributed by atoms with Crippen LogP contribution in [0.15, 0.2) is 42.5 Å². The fourth-order valence-corrected chi connectivity index (χ4v) is 2.63. The lowest BCUT2D eigenvalue weighted by Crippen LogP contribution is -2.36. The summed E-state index contributed by atoms with van der Waals surface area (Å²) in [5.41, 5.74) is 3.10. The fraction of sp³-hybridized carbons (Fsp3) is 0.350. The first-order valence-electron chi connectivity index (χ1n) is 8.16. The Bertz CT molecular complexity index is 713. The highest BCUT2D eigenvalue weighted by molar-refractivity contribution is 6.31. The molecule has 4 heteroatoms. The van der Waals surface area contributed by atoms with Crippen LogP contribution in [0.3, 0.4) is 0 Å². The van der Waals surface area contributed by atoms with E-state index in [4.69, 9.17) is 16.3 Å². The second-order valence-electron chi connectivity index (χ2n) is 6.27. The highest BCUT2D eigenvalue weighted by Gasteiger charge is 2.17. The number of hydrogen-bond donors (Lipinski definition) is 1. The summed E-state index contributed by atoms with van der Waals surface area (Å²) in [6, 6.07) is 13.6. The minimum Gasteiger partial charge on any atom is -0.481 e. The SMILES string of the molecule is Cc1ccc(C(C)C)c(O[C@@H](C)C(=O)NCc2ccccc2Cl)c1. The molecule has 1 N–H and O–H groups in total. The minimum absolute atomic E-state index is 0.161. The Hall–Kier alpha value is -2.00. The van der Waals surface area contributed by atoms with E-state index in [0.717, 1.165) is 22.4 Å². The molecule has 0 saturated heterocycles. The molecule has 0 unspecified atom stereocenters. The number of hydrogen-bond acceptors (Lipinski definition) is 2. The van der Waals surface area contributed by atoms with Crippen LogP contribution >= 0.6 is 11.6 Å². The fourth-order valence-electron chi connectivity index (χ4n) is 2.43. The van der Waals surface area contributed by atoms with E-state index in [1.165, 1.54) is 0 Å². The Kier molecular flexibility index (Phi) is 6.27. The monoisotopic (exact) mass is 345 g/mol. The van der Waals surface area contributed by atoms with Gasteiger partial charge in [0.1, 0.15) is 5.75 Å². The molecule has 0 radical (unpaired) electrons. The Labute approximate surface area is 149 Å². The number of amides is 1. The van der Waals surface area contributed by atoms with Crippen molar-refractivity contribution in [3.8, 4) is 5.75 Å². The van der Waals surface area contributed by atoms with Gasteiger partial charge in [0.25, 0.3) is 5.91 Å². The number of rotatable bonds is 6. The molecule has 0 spiro atoms. The molecule has 0 saturated carbocycles. The van der Waals surface area contributed by atoms with Crippen molar-refractivity contribution in [2.24, 2.45) is 0 Å². The smallest absolute Gasteiger partial charge is 0.261 e. The van der Waals surface area contributed by atoms with Crippen LogP contribution in [0.1, 0.15) is 43.4 Å². The molecule has 0 aliphatic rings. The number of halogens is 1. The first-order chi connectivity index (χ1) is 11.4. The lowest BCUT2D eigenvalue weighted by Gasteiger charge is -2.19. The molecule has 0 aromatic heterocycles. The molecule has 1 amide bonds. The zero-order valence-corrected chi connectivity index (χ0v) is 15.4. The maximum atomic E-state index is 12.3. The van der Waals surface area contributed by atoms with Crippen LogP contribution in [-0.4, -0.2) is 12.0 Å². The van der Waals surface area contributed by atoms with E-state index in [1.54, 1.807) is 6.92 Å². The normalized spacial score (nSPS) is 12.1. The molecular weight excluding hydrogens is 322 g/mol. The summed E-state index contributed by atoms with van der Waals surface area (Å²) in [7, 11) is 0. The van der Waals surface area contributed by atoms with Crippen molar-refractivity contribution in [1.29, 1.82) is 0 Å². The summed E-state index contributed by atoms with van der Waals surface area (Å²) in [6.45, 7) is 8.38. The number of benzene rings is 2. The largest absolute Gasteiger partial charge is 0.481 e.